The van der Waals surface area contributed by atoms with Crippen LogP contribution in [-0.2, 0) is 24.9 Å². The Hall–Kier alpha value is 0.780. The summed E-state index contributed by atoms with van der Waals surface area (Å²) in [5.74, 6) is -0.932. The fraction of sp³-hybridized carbons (Fsp3) is 1.00. The van der Waals surface area contributed by atoms with Gasteiger partial charge in [-0.2, -0.15) is 4.31 Å². The molecule has 10 heteroatoms. The van der Waals surface area contributed by atoms with Gasteiger partial charge in [-0.05, 0) is 6.42 Å². The van der Waals surface area contributed by atoms with Crippen molar-refractivity contribution >= 4 is 20.1 Å². The van der Waals surface area contributed by atoms with E-state index in [1.165, 1.54) is 4.31 Å². The number of hydrogen-bond donors (Lipinski definition) is 0. The second kappa shape index (κ2) is 9.65. The number of hydrogen-bond acceptors (Lipinski definition) is 6. The van der Waals surface area contributed by atoms with Gasteiger partial charge in [0, 0.05) is 13.1 Å². The summed E-state index contributed by atoms with van der Waals surface area (Å²) in [7, 11) is -7.74. The minimum absolute atomic E-state index is 0. The monoisotopic (exact) mass is 311 g/mol. The third-order valence-electron chi connectivity index (χ3n) is 1.94. The summed E-state index contributed by atoms with van der Waals surface area (Å²) >= 11 is 0. The van der Waals surface area contributed by atoms with Crippen molar-refractivity contribution in [3.63, 3.8) is 0 Å². The van der Waals surface area contributed by atoms with Crippen LogP contribution in [0.2, 0.25) is 0 Å². The normalized spacial score (nSPS) is 12.4. The van der Waals surface area contributed by atoms with E-state index in [1.54, 1.807) is 0 Å². The minimum atomic E-state index is -4.41. The van der Waals surface area contributed by atoms with Crippen LogP contribution in [0.15, 0.2) is 0 Å². The van der Waals surface area contributed by atoms with Crippen LogP contribution >= 0.6 is 0 Å². The molecule has 18 heavy (non-hydrogen) atoms. The molecule has 0 heterocycles. The topological polar surface area (TPSA) is 104 Å². The van der Waals surface area contributed by atoms with Crippen molar-refractivity contribution in [2.75, 3.05) is 31.9 Å². The van der Waals surface area contributed by atoms with Crippen molar-refractivity contribution in [3.05, 3.63) is 0 Å². The first kappa shape index (κ1) is 21.1. The van der Waals surface area contributed by atoms with Gasteiger partial charge in [-0.3, -0.25) is 0 Å². The van der Waals surface area contributed by atoms with Gasteiger partial charge >= 0.3 is 29.6 Å². The standard InChI is InChI=1S/C8H19NO6S2.Na/c1-3-4-5-9(16(2,10)11)6-7-15-8-17(12,13)14;/h3-8H2,1-2H3,(H,12,13,14);/q;+1/p-1. The van der Waals surface area contributed by atoms with Crippen LogP contribution in [0.5, 0.6) is 0 Å². The summed E-state index contributed by atoms with van der Waals surface area (Å²) in [6.07, 6.45) is 2.64. The largest absolute Gasteiger partial charge is 1.00 e. The Morgan fingerprint density at radius 1 is 1.17 bits per heavy atom. The molecule has 0 bridgehead atoms. The molecule has 7 nitrogen and oxygen atoms in total. The van der Waals surface area contributed by atoms with Crippen LogP contribution in [0.25, 0.3) is 0 Å². The predicted molar refractivity (Wildman–Crippen MR) is 61.8 cm³/mol. The molecule has 0 fully saturated rings. The summed E-state index contributed by atoms with van der Waals surface area (Å²) in [6, 6.07) is 0. The number of sulfonamides is 1. The molecule has 0 aromatic rings. The van der Waals surface area contributed by atoms with Crippen LogP contribution in [0.3, 0.4) is 0 Å². The van der Waals surface area contributed by atoms with Gasteiger partial charge in [0.2, 0.25) is 10.0 Å². The van der Waals surface area contributed by atoms with E-state index in [1.807, 2.05) is 6.92 Å². The van der Waals surface area contributed by atoms with Crippen LogP contribution in [0.4, 0.5) is 0 Å². The molecule has 0 rings (SSSR count). The van der Waals surface area contributed by atoms with Gasteiger partial charge in [0.1, 0.15) is 16.1 Å². The molecule has 0 unspecified atom stereocenters. The molecule has 0 aliphatic rings. The number of rotatable bonds is 9. The van der Waals surface area contributed by atoms with E-state index in [0.29, 0.717) is 13.0 Å². The fourth-order valence-electron chi connectivity index (χ4n) is 1.11. The average Bonchev–Trinajstić information content (AvgIpc) is 2.13. The second-order valence-electron chi connectivity index (χ2n) is 3.60. The third-order valence-corrected chi connectivity index (χ3v) is 3.70. The Bertz CT molecular complexity index is 407. The van der Waals surface area contributed by atoms with Crippen molar-refractivity contribution in [2.24, 2.45) is 0 Å². The number of nitrogens with zero attached hydrogens (tertiary/aromatic N) is 1. The van der Waals surface area contributed by atoms with Gasteiger partial charge in [-0.1, -0.05) is 13.3 Å². The van der Waals surface area contributed by atoms with E-state index in [4.69, 9.17) is 0 Å². The van der Waals surface area contributed by atoms with E-state index in [-0.39, 0.29) is 42.7 Å². The fourth-order valence-corrected chi connectivity index (χ4v) is 2.29. The quantitative estimate of drug-likeness (QED) is 0.249. The Morgan fingerprint density at radius 3 is 2.11 bits per heavy atom. The maximum absolute atomic E-state index is 11.3. The van der Waals surface area contributed by atoms with Crippen LogP contribution in [0, 0.1) is 0 Å². The summed E-state index contributed by atoms with van der Waals surface area (Å²) in [5.41, 5.74) is 0. The Kier molecular flexibility index (Phi) is 11.3. The van der Waals surface area contributed by atoms with Gasteiger partial charge < -0.3 is 9.29 Å². The zero-order chi connectivity index (χ0) is 13.5. The van der Waals surface area contributed by atoms with Crippen LogP contribution in [-0.4, -0.2) is 57.6 Å². The third kappa shape index (κ3) is 11.8. The average molecular weight is 311 g/mol. The molecule has 0 aromatic heterocycles. The number of ether oxygens (including phenoxy) is 1. The molecule has 0 aliphatic heterocycles. The van der Waals surface area contributed by atoms with Crippen molar-refractivity contribution in [1.29, 1.82) is 0 Å². The zero-order valence-corrected chi connectivity index (χ0v) is 14.6. The molecule has 0 radical (unpaired) electrons. The molecule has 0 saturated carbocycles. The van der Waals surface area contributed by atoms with Gasteiger partial charge in [0.05, 0.1) is 12.9 Å². The Morgan fingerprint density at radius 2 is 1.72 bits per heavy atom. The van der Waals surface area contributed by atoms with E-state index in [9.17, 15) is 21.4 Å². The molecule has 0 atom stereocenters. The maximum Gasteiger partial charge on any atom is 1.00 e. The van der Waals surface area contributed by atoms with Crippen molar-refractivity contribution in [3.8, 4) is 0 Å². The SMILES string of the molecule is CCCCN(CCOCS(=O)(=O)[O-])S(C)(=O)=O.[Na+]. The summed E-state index contributed by atoms with van der Waals surface area (Å²) in [5, 5.41) is 0. The first-order chi connectivity index (χ1) is 7.67. The molecule has 0 amide bonds. The Balaban J connectivity index is 0. The van der Waals surface area contributed by atoms with Crippen molar-refractivity contribution in [2.45, 2.75) is 19.8 Å². The van der Waals surface area contributed by atoms with Gasteiger partial charge in [-0.15, -0.1) is 0 Å². The van der Waals surface area contributed by atoms with Gasteiger partial charge in [0.15, 0.2) is 0 Å². The first-order valence-corrected chi connectivity index (χ1v) is 8.56. The molecule has 0 spiro atoms. The molecular formula is C8H18NNaO6S2. The second-order valence-corrected chi connectivity index (χ2v) is 6.93. The summed E-state index contributed by atoms with van der Waals surface area (Å²) in [6.45, 7) is 2.23. The van der Waals surface area contributed by atoms with Crippen LogP contribution in [0.1, 0.15) is 19.8 Å². The van der Waals surface area contributed by atoms with Gasteiger partial charge in [0.25, 0.3) is 0 Å². The summed E-state index contributed by atoms with van der Waals surface area (Å²) < 4.78 is 59.1. The van der Waals surface area contributed by atoms with E-state index >= 15 is 0 Å². The molecule has 0 saturated heterocycles. The molecule has 0 aliphatic carbocycles. The van der Waals surface area contributed by atoms with E-state index < -0.39 is 26.1 Å². The first-order valence-electron chi connectivity index (χ1n) is 5.13. The van der Waals surface area contributed by atoms with Crippen molar-refractivity contribution in [1.82, 2.24) is 4.31 Å². The number of unbranched alkanes of at least 4 members (excludes halogenated alkanes) is 1. The smallest absolute Gasteiger partial charge is 0.746 e. The molecular weight excluding hydrogens is 293 g/mol. The molecule has 104 valence electrons. The predicted octanol–water partition coefficient (Wildman–Crippen LogP) is -3.43. The zero-order valence-electron chi connectivity index (χ0n) is 11.0. The van der Waals surface area contributed by atoms with Crippen LogP contribution < -0.4 is 29.6 Å². The van der Waals surface area contributed by atoms with Crippen molar-refractivity contribution < 1.29 is 55.7 Å². The van der Waals surface area contributed by atoms with E-state index in [2.05, 4.69) is 4.74 Å². The summed E-state index contributed by atoms with van der Waals surface area (Å²) in [4.78, 5) is 0. The molecule has 0 aromatic carbocycles. The molecule has 0 N–H and O–H groups in total. The minimum Gasteiger partial charge on any atom is -0.746 e. The van der Waals surface area contributed by atoms with Gasteiger partial charge in [-0.25, -0.2) is 16.8 Å². The maximum atomic E-state index is 11.3. The van der Waals surface area contributed by atoms with E-state index in [0.717, 1.165) is 12.7 Å². The Labute approximate surface area is 131 Å².